The van der Waals surface area contributed by atoms with Gasteiger partial charge in [-0.1, -0.05) is 12.1 Å². The van der Waals surface area contributed by atoms with Crippen LogP contribution in [0.1, 0.15) is 16.8 Å². The Morgan fingerprint density at radius 1 is 1.30 bits per heavy atom. The average molecular weight is 273 g/mol. The van der Waals surface area contributed by atoms with E-state index in [0.29, 0.717) is 5.69 Å². The zero-order valence-corrected chi connectivity index (χ0v) is 11.3. The summed E-state index contributed by atoms with van der Waals surface area (Å²) in [6.45, 7) is 3.55. The summed E-state index contributed by atoms with van der Waals surface area (Å²) >= 11 is 0. The van der Waals surface area contributed by atoms with Gasteiger partial charge in [0.15, 0.2) is 0 Å². The van der Waals surface area contributed by atoms with Crippen molar-refractivity contribution in [2.45, 2.75) is 20.5 Å². The number of aryl methyl sites for hydroxylation is 2. The summed E-state index contributed by atoms with van der Waals surface area (Å²) in [7, 11) is 0. The van der Waals surface area contributed by atoms with Crippen LogP contribution in [0.25, 0.3) is 0 Å². The predicted molar refractivity (Wildman–Crippen MR) is 76.0 cm³/mol. The van der Waals surface area contributed by atoms with Gasteiger partial charge in [-0.25, -0.2) is 4.98 Å². The van der Waals surface area contributed by atoms with Crippen LogP contribution in [0.3, 0.4) is 0 Å². The number of aromatic nitrogens is 1. The topological polar surface area (TPSA) is 88.3 Å². The second-order valence-electron chi connectivity index (χ2n) is 4.50. The molecule has 1 heterocycles. The van der Waals surface area contributed by atoms with Crippen molar-refractivity contribution in [3.8, 4) is 0 Å². The van der Waals surface area contributed by atoms with E-state index in [-0.39, 0.29) is 18.1 Å². The van der Waals surface area contributed by atoms with E-state index in [1.54, 1.807) is 38.1 Å². The molecule has 2 rings (SSSR count). The number of hydrogen-bond donors (Lipinski definition) is 2. The van der Waals surface area contributed by atoms with Crippen molar-refractivity contribution >= 4 is 17.2 Å². The molecular formula is C14H15N3O3. The van der Waals surface area contributed by atoms with Gasteiger partial charge in [-0.3, -0.25) is 10.1 Å². The second kappa shape index (κ2) is 5.66. The van der Waals surface area contributed by atoms with Crippen LogP contribution in [0.4, 0.5) is 17.2 Å². The highest BCUT2D eigenvalue weighted by molar-refractivity contribution is 5.66. The molecule has 0 bridgehead atoms. The molecule has 6 heteroatoms. The van der Waals surface area contributed by atoms with Crippen LogP contribution in [-0.4, -0.2) is 15.0 Å². The lowest BCUT2D eigenvalue weighted by molar-refractivity contribution is -0.384. The van der Waals surface area contributed by atoms with Gasteiger partial charge < -0.3 is 10.4 Å². The third kappa shape index (κ3) is 2.92. The Morgan fingerprint density at radius 2 is 1.95 bits per heavy atom. The molecule has 2 N–H and O–H groups in total. The maximum atomic E-state index is 11.1. The molecule has 0 saturated carbocycles. The van der Waals surface area contributed by atoms with Gasteiger partial charge in [0.25, 0.3) is 0 Å². The lowest BCUT2D eigenvalue weighted by Crippen LogP contribution is -2.02. The van der Waals surface area contributed by atoms with E-state index >= 15 is 0 Å². The molecule has 20 heavy (non-hydrogen) atoms. The zero-order valence-electron chi connectivity index (χ0n) is 11.3. The molecule has 0 amide bonds. The van der Waals surface area contributed by atoms with Crippen LogP contribution < -0.4 is 5.32 Å². The Labute approximate surface area is 116 Å². The molecule has 0 aliphatic heterocycles. The zero-order chi connectivity index (χ0) is 14.7. The van der Waals surface area contributed by atoms with E-state index in [2.05, 4.69) is 10.3 Å². The van der Waals surface area contributed by atoms with Gasteiger partial charge in [-0.15, -0.1) is 0 Å². The van der Waals surface area contributed by atoms with E-state index in [4.69, 9.17) is 5.11 Å². The van der Waals surface area contributed by atoms with Crippen molar-refractivity contribution in [3.63, 3.8) is 0 Å². The highest BCUT2D eigenvalue weighted by Crippen LogP contribution is 2.27. The summed E-state index contributed by atoms with van der Waals surface area (Å²) in [6.07, 6.45) is 0. The molecule has 0 radical (unpaired) electrons. The molecule has 6 nitrogen and oxygen atoms in total. The number of anilines is 2. The number of benzene rings is 1. The van der Waals surface area contributed by atoms with Crippen LogP contribution in [0, 0.1) is 24.0 Å². The number of nitrogens with one attached hydrogen (secondary N) is 1. The summed E-state index contributed by atoms with van der Waals surface area (Å²) < 4.78 is 0. The number of aliphatic hydroxyl groups is 1. The SMILES string of the molecule is Cc1cc([N+](=O)[O-])c(Nc2ccc(CO)cc2)nc1C. The molecule has 0 aliphatic rings. The van der Waals surface area contributed by atoms with Crippen molar-refractivity contribution in [2.75, 3.05) is 5.32 Å². The maximum Gasteiger partial charge on any atom is 0.312 e. The molecule has 0 spiro atoms. The lowest BCUT2D eigenvalue weighted by atomic mass is 10.2. The molecule has 0 aliphatic carbocycles. The first-order valence-corrected chi connectivity index (χ1v) is 6.10. The molecule has 0 atom stereocenters. The third-order valence-electron chi connectivity index (χ3n) is 3.04. The number of hydrogen-bond acceptors (Lipinski definition) is 5. The van der Waals surface area contributed by atoms with Gasteiger partial charge in [-0.2, -0.15) is 0 Å². The van der Waals surface area contributed by atoms with Gasteiger partial charge in [0.2, 0.25) is 5.82 Å². The molecular weight excluding hydrogens is 258 g/mol. The van der Waals surface area contributed by atoms with Gasteiger partial charge in [0.05, 0.1) is 11.5 Å². The number of nitro groups is 1. The van der Waals surface area contributed by atoms with E-state index in [0.717, 1.165) is 16.8 Å². The summed E-state index contributed by atoms with van der Waals surface area (Å²) in [5, 5.41) is 23.0. The van der Waals surface area contributed by atoms with E-state index < -0.39 is 4.92 Å². The minimum atomic E-state index is -0.454. The normalized spacial score (nSPS) is 10.3. The van der Waals surface area contributed by atoms with Gasteiger partial charge in [0.1, 0.15) is 0 Å². The van der Waals surface area contributed by atoms with Crippen LogP contribution in [-0.2, 0) is 6.61 Å². The van der Waals surface area contributed by atoms with Crippen LogP contribution in [0.15, 0.2) is 30.3 Å². The second-order valence-corrected chi connectivity index (χ2v) is 4.50. The average Bonchev–Trinajstić information content (AvgIpc) is 2.43. The van der Waals surface area contributed by atoms with Gasteiger partial charge in [0, 0.05) is 17.4 Å². The Balaban J connectivity index is 2.36. The smallest absolute Gasteiger partial charge is 0.312 e. The van der Waals surface area contributed by atoms with Gasteiger partial charge in [-0.05, 0) is 37.1 Å². The van der Waals surface area contributed by atoms with Gasteiger partial charge >= 0.3 is 5.69 Å². The van der Waals surface area contributed by atoms with Crippen LogP contribution in [0.2, 0.25) is 0 Å². The summed E-state index contributed by atoms with van der Waals surface area (Å²) in [6, 6.07) is 8.48. The predicted octanol–water partition coefficient (Wildman–Crippen LogP) is 2.84. The quantitative estimate of drug-likeness (QED) is 0.660. The largest absolute Gasteiger partial charge is 0.392 e. The number of nitrogens with zero attached hydrogens (tertiary/aromatic N) is 2. The van der Waals surface area contributed by atoms with E-state index in [1.807, 2.05) is 0 Å². The highest BCUT2D eigenvalue weighted by atomic mass is 16.6. The Morgan fingerprint density at radius 3 is 2.50 bits per heavy atom. The number of rotatable bonds is 4. The molecule has 2 aromatic rings. The molecule has 0 saturated heterocycles. The summed E-state index contributed by atoms with van der Waals surface area (Å²) in [4.78, 5) is 14.8. The van der Waals surface area contributed by atoms with Crippen molar-refractivity contribution < 1.29 is 10.0 Å². The monoisotopic (exact) mass is 273 g/mol. The lowest BCUT2D eigenvalue weighted by Gasteiger charge is -2.09. The van der Waals surface area contributed by atoms with E-state index in [1.165, 1.54) is 6.07 Å². The van der Waals surface area contributed by atoms with Crippen LogP contribution in [0.5, 0.6) is 0 Å². The minimum absolute atomic E-state index is 0.0394. The van der Waals surface area contributed by atoms with Crippen molar-refractivity contribution in [1.29, 1.82) is 0 Å². The first-order valence-electron chi connectivity index (χ1n) is 6.10. The molecule has 0 fully saturated rings. The molecule has 104 valence electrons. The highest BCUT2D eigenvalue weighted by Gasteiger charge is 2.17. The summed E-state index contributed by atoms with van der Waals surface area (Å²) in [5.74, 6) is 0.217. The fraction of sp³-hybridized carbons (Fsp3) is 0.214. The minimum Gasteiger partial charge on any atom is -0.392 e. The Bertz CT molecular complexity index is 639. The fourth-order valence-corrected chi connectivity index (χ4v) is 1.75. The van der Waals surface area contributed by atoms with E-state index in [9.17, 15) is 10.1 Å². The number of aliphatic hydroxyl groups excluding tert-OH is 1. The fourth-order valence-electron chi connectivity index (χ4n) is 1.75. The first kappa shape index (κ1) is 14.0. The number of pyridine rings is 1. The Kier molecular flexibility index (Phi) is 3.95. The maximum absolute atomic E-state index is 11.1. The Hall–Kier alpha value is -2.47. The molecule has 1 aromatic carbocycles. The van der Waals surface area contributed by atoms with Crippen molar-refractivity contribution in [1.82, 2.24) is 4.98 Å². The van der Waals surface area contributed by atoms with Crippen molar-refractivity contribution in [3.05, 3.63) is 57.3 Å². The summed E-state index contributed by atoms with van der Waals surface area (Å²) in [5.41, 5.74) is 2.92. The molecule has 1 aromatic heterocycles. The molecule has 0 unspecified atom stereocenters. The van der Waals surface area contributed by atoms with Crippen LogP contribution >= 0.6 is 0 Å². The standard InChI is InChI=1S/C14H15N3O3/c1-9-7-13(17(19)20)14(15-10(9)2)16-12-5-3-11(8-18)4-6-12/h3-7,18H,8H2,1-2H3,(H,15,16). The third-order valence-corrected chi connectivity index (χ3v) is 3.04. The van der Waals surface area contributed by atoms with Crippen molar-refractivity contribution in [2.24, 2.45) is 0 Å². The first-order chi connectivity index (χ1) is 9.51.